The summed E-state index contributed by atoms with van der Waals surface area (Å²) in [5.74, 6) is 0. The molecule has 5 nitrogen and oxygen atoms in total. The van der Waals surface area contributed by atoms with Crippen molar-refractivity contribution in [3.05, 3.63) is 102 Å². The number of rotatable bonds is 3. The Kier molecular flexibility index (Phi) is 7.94. The fourth-order valence-electron chi connectivity index (χ4n) is 3.87. The number of furan rings is 1. The molecule has 0 aliphatic carbocycles. The van der Waals surface area contributed by atoms with E-state index in [9.17, 15) is 0 Å². The van der Waals surface area contributed by atoms with Gasteiger partial charge < -0.3 is 9.40 Å². The molecule has 0 amide bonds. The smallest absolute Gasteiger partial charge is 0.493 e. The fraction of sp³-hybridized carbons (Fsp3) is 0.194. The first-order chi connectivity index (χ1) is 17.4. The SMILES string of the molecule is CC(C)[N+]1=C=[N+](c2[c-]cc3oc4ncccc4c3c2)C=C1.Cc1c[c-]c(-c2cc(C)c(C)cn2)cc1.[Ir]. The zero-order valence-electron chi connectivity index (χ0n) is 21.5. The van der Waals surface area contributed by atoms with E-state index in [0.29, 0.717) is 11.8 Å². The Morgan fingerprint density at radius 1 is 0.919 bits per heavy atom. The summed E-state index contributed by atoms with van der Waals surface area (Å²) in [5, 5.41) is 2.07. The van der Waals surface area contributed by atoms with Crippen molar-refractivity contribution in [2.24, 2.45) is 0 Å². The molecule has 0 saturated heterocycles. The number of benzene rings is 2. The van der Waals surface area contributed by atoms with E-state index >= 15 is 0 Å². The number of hydrogen-bond acceptors (Lipinski definition) is 3. The molecule has 6 rings (SSSR count). The Hall–Kier alpha value is -3.69. The number of hydrogen-bond donors (Lipinski definition) is 0. The van der Waals surface area contributed by atoms with Crippen molar-refractivity contribution in [2.45, 2.75) is 40.7 Å². The molecule has 0 bridgehead atoms. The molecule has 0 spiro atoms. The van der Waals surface area contributed by atoms with Gasteiger partial charge in [-0.15, -0.1) is 47.5 Å². The van der Waals surface area contributed by atoms with Gasteiger partial charge in [0.1, 0.15) is 5.69 Å². The van der Waals surface area contributed by atoms with E-state index < -0.39 is 0 Å². The quantitative estimate of drug-likeness (QED) is 0.155. The summed E-state index contributed by atoms with van der Waals surface area (Å²) in [6, 6.07) is 26.3. The number of aryl methyl sites for hydroxylation is 3. The minimum absolute atomic E-state index is 0. The molecule has 0 atom stereocenters. The standard InChI is InChI=1S/C17H14N3O.C14H14N.Ir/c1-12(2)19-8-9-20(11-19)13-5-6-16-15(10-13)14-4-3-7-18-17(14)21-16;1-10-4-6-13(7-5-10)14-8-11(2)12(3)9-15-14;/h3-4,6-10,12H,1-2H3;4-6,8-9H,1-3H3;/q+1;-1;. The summed E-state index contributed by atoms with van der Waals surface area (Å²) in [4.78, 5) is 8.66. The average Bonchev–Trinajstić information content (AvgIpc) is 3.52. The van der Waals surface area contributed by atoms with Crippen LogP contribution in [0.1, 0.15) is 30.5 Å². The van der Waals surface area contributed by atoms with Gasteiger partial charge in [0.2, 0.25) is 11.9 Å². The summed E-state index contributed by atoms with van der Waals surface area (Å²) >= 11 is 0. The minimum Gasteiger partial charge on any atom is -0.502 e. The van der Waals surface area contributed by atoms with E-state index in [2.05, 4.69) is 87.0 Å². The molecule has 1 aliphatic heterocycles. The molecule has 37 heavy (non-hydrogen) atoms. The van der Waals surface area contributed by atoms with Crippen molar-refractivity contribution in [3.63, 3.8) is 0 Å². The van der Waals surface area contributed by atoms with Crippen LogP contribution in [0.5, 0.6) is 0 Å². The van der Waals surface area contributed by atoms with Gasteiger partial charge >= 0.3 is 6.01 Å². The van der Waals surface area contributed by atoms with E-state index in [-0.39, 0.29) is 20.1 Å². The van der Waals surface area contributed by atoms with Crippen molar-refractivity contribution in [1.82, 2.24) is 9.97 Å². The maximum absolute atomic E-state index is 5.72. The predicted molar refractivity (Wildman–Crippen MR) is 143 cm³/mol. The Bertz CT molecular complexity index is 1670. The maximum Gasteiger partial charge on any atom is 0.493 e. The number of fused-ring (bicyclic) bond motifs is 3. The second-order valence-corrected chi connectivity index (χ2v) is 9.26. The van der Waals surface area contributed by atoms with E-state index in [0.717, 1.165) is 33.3 Å². The van der Waals surface area contributed by atoms with Gasteiger partial charge in [-0.1, -0.05) is 39.2 Å². The summed E-state index contributed by atoms with van der Waals surface area (Å²) in [7, 11) is 0. The van der Waals surface area contributed by atoms with E-state index in [1.807, 2.05) is 52.0 Å². The summed E-state index contributed by atoms with van der Waals surface area (Å²) in [6.07, 6.45) is 7.65. The van der Waals surface area contributed by atoms with Crippen LogP contribution >= 0.6 is 0 Å². The van der Waals surface area contributed by atoms with Crippen LogP contribution in [0.2, 0.25) is 0 Å². The molecular weight excluding hydrogens is 637 g/mol. The normalized spacial score (nSPS) is 12.3. The second-order valence-electron chi connectivity index (χ2n) is 9.26. The number of aromatic nitrogens is 2. The fourth-order valence-corrected chi connectivity index (χ4v) is 3.87. The van der Waals surface area contributed by atoms with E-state index in [1.54, 1.807) is 6.20 Å². The third kappa shape index (κ3) is 5.68. The topological polar surface area (TPSA) is 44.9 Å². The molecule has 0 fully saturated rings. The summed E-state index contributed by atoms with van der Waals surface area (Å²) in [6.45, 7) is 10.5. The third-order valence-electron chi connectivity index (χ3n) is 6.20. The molecular formula is C31H28IrN4O. The van der Waals surface area contributed by atoms with Gasteiger partial charge in [-0.3, -0.25) is 0 Å². The molecule has 1 aliphatic rings. The second kappa shape index (κ2) is 11.1. The molecule has 6 heteroatoms. The zero-order valence-corrected chi connectivity index (χ0v) is 23.9. The van der Waals surface area contributed by atoms with Gasteiger partial charge in [-0.2, -0.15) is 0 Å². The van der Waals surface area contributed by atoms with E-state index in [1.165, 1.54) is 16.7 Å². The molecule has 0 unspecified atom stereocenters. The first kappa shape index (κ1) is 26.4. The molecule has 0 N–H and O–H groups in total. The molecule has 187 valence electrons. The Morgan fingerprint density at radius 2 is 1.76 bits per heavy atom. The van der Waals surface area contributed by atoms with Crippen LogP contribution in [0.3, 0.4) is 0 Å². The van der Waals surface area contributed by atoms with Crippen molar-refractivity contribution >= 4 is 33.8 Å². The molecule has 0 saturated carbocycles. The minimum atomic E-state index is 0. The van der Waals surface area contributed by atoms with Gasteiger partial charge in [0, 0.05) is 43.5 Å². The number of pyridine rings is 2. The van der Waals surface area contributed by atoms with Crippen molar-refractivity contribution in [1.29, 1.82) is 0 Å². The molecule has 5 aromatic rings. The summed E-state index contributed by atoms with van der Waals surface area (Å²) in [5.41, 5.74) is 8.18. The van der Waals surface area contributed by atoms with Crippen molar-refractivity contribution < 1.29 is 33.7 Å². The van der Waals surface area contributed by atoms with Crippen LogP contribution in [0.4, 0.5) is 5.69 Å². The van der Waals surface area contributed by atoms with Gasteiger partial charge in [0.05, 0.1) is 0 Å². The van der Waals surface area contributed by atoms with Crippen LogP contribution in [-0.4, -0.2) is 31.2 Å². The van der Waals surface area contributed by atoms with Gasteiger partial charge in [-0.05, 0) is 51.1 Å². The van der Waals surface area contributed by atoms with E-state index in [4.69, 9.17) is 4.42 Å². The Morgan fingerprint density at radius 3 is 2.46 bits per heavy atom. The third-order valence-corrected chi connectivity index (χ3v) is 6.20. The Labute approximate surface area is 230 Å². The van der Waals surface area contributed by atoms with Gasteiger partial charge in [-0.25, -0.2) is 4.98 Å². The maximum atomic E-state index is 5.72. The molecule has 3 aromatic heterocycles. The van der Waals surface area contributed by atoms with Crippen LogP contribution in [0.25, 0.3) is 33.3 Å². The van der Waals surface area contributed by atoms with Crippen molar-refractivity contribution in [3.8, 4) is 11.3 Å². The Balaban J connectivity index is 0.000000178. The van der Waals surface area contributed by atoms with Crippen LogP contribution in [0.15, 0.2) is 77.7 Å². The first-order valence-electron chi connectivity index (χ1n) is 12.0. The molecule has 1 radical (unpaired) electrons. The molecule has 4 heterocycles. The largest absolute Gasteiger partial charge is 0.502 e. The van der Waals surface area contributed by atoms with Crippen LogP contribution < -0.4 is 0 Å². The van der Waals surface area contributed by atoms with Gasteiger partial charge in [0.25, 0.3) is 6.20 Å². The molecule has 2 aromatic carbocycles. The monoisotopic (exact) mass is 665 g/mol. The summed E-state index contributed by atoms with van der Waals surface area (Å²) < 4.78 is 9.69. The number of nitrogens with zero attached hydrogens (tertiary/aromatic N) is 4. The average molecular weight is 665 g/mol. The van der Waals surface area contributed by atoms with Crippen LogP contribution in [-0.2, 0) is 20.1 Å². The predicted octanol–water partition coefficient (Wildman–Crippen LogP) is 6.98. The zero-order chi connectivity index (χ0) is 25.2. The van der Waals surface area contributed by atoms with Gasteiger partial charge in [0.15, 0.2) is 6.04 Å². The van der Waals surface area contributed by atoms with Crippen LogP contribution in [0, 0.1) is 32.9 Å². The first-order valence-corrected chi connectivity index (χ1v) is 12.0. The van der Waals surface area contributed by atoms with Crippen molar-refractivity contribution in [2.75, 3.05) is 0 Å².